The fraction of sp³-hybridized carbons (Fsp3) is 0.500. The minimum atomic E-state index is 0.331. The van der Waals surface area contributed by atoms with Crippen LogP contribution in [0.3, 0.4) is 0 Å². The molecular weight excluding hydrogens is 438 g/mol. The molecule has 2 aromatic carbocycles. The fourth-order valence-corrected chi connectivity index (χ4v) is 5.65. The predicted octanol–water partition coefficient (Wildman–Crippen LogP) is 4.82. The molecule has 186 valence electrons. The van der Waals surface area contributed by atoms with Crippen LogP contribution in [0.1, 0.15) is 32.3 Å². The first-order valence-electron chi connectivity index (χ1n) is 12.7. The molecular formula is C28H37N5O2. The Morgan fingerprint density at radius 3 is 2.37 bits per heavy atom. The minimum absolute atomic E-state index is 0.331. The maximum Gasteiger partial charge on any atom is 0.227 e. The number of ether oxygens (including phenoxy) is 2. The van der Waals surface area contributed by atoms with Gasteiger partial charge in [0.15, 0.2) is 11.5 Å². The molecule has 7 heteroatoms. The summed E-state index contributed by atoms with van der Waals surface area (Å²) < 4.78 is 11.2. The summed E-state index contributed by atoms with van der Waals surface area (Å²) in [6, 6.07) is 15.0. The lowest BCUT2D eigenvalue weighted by Crippen LogP contribution is -2.39. The highest BCUT2D eigenvalue weighted by molar-refractivity contribution is 5.93. The molecule has 3 atom stereocenters. The maximum atomic E-state index is 5.60. The molecule has 0 radical (unpaired) electrons. The number of piperidine rings is 1. The van der Waals surface area contributed by atoms with Crippen molar-refractivity contribution in [3.05, 3.63) is 48.0 Å². The molecule has 3 unspecified atom stereocenters. The van der Waals surface area contributed by atoms with E-state index in [9.17, 15) is 0 Å². The number of likely N-dealkylation sites (tertiary alicyclic amines) is 1. The van der Waals surface area contributed by atoms with Crippen molar-refractivity contribution in [3.63, 3.8) is 0 Å². The van der Waals surface area contributed by atoms with Gasteiger partial charge in [-0.3, -0.25) is 4.90 Å². The summed E-state index contributed by atoms with van der Waals surface area (Å²) in [5, 5.41) is 4.74. The van der Waals surface area contributed by atoms with Gasteiger partial charge in [0.05, 0.1) is 19.7 Å². The van der Waals surface area contributed by atoms with Gasteiger partial charge in [-0.25, -0.2) is 4.98 Å². The Bertz CT molecular complexity index is 1150. The van der Waals surface area contributed by atoms with E-state index < -0.39 is 0 Å². The highest BCUT2D eigenvalue weighted by Crippen LogP contribution is 2.36. The molecule has 5 rings (SSSR count). The SMILES string of the molecule is COc1cc2nc(N3CC(C)CC(C)C3)nc(NC3CCN(Cc4ccccc4)C3)c2cc1OC. The van der Waals surface area contributed by atoms with Crippen molar-refractivity contribution >= 4 is 22.7 Å². The van der Waals surface area contributed by atoms with Crippen LogP contribution in [0, 0.1) is 11.8 Å². The van der Waals surface area contributed by atoms with E-state index in [0.29, 0.717) is 29.4 Å². The first-order valence-corrected chi connectivity index (χ1v) is 12.7. The van der Waals surface area contributed by atoms with Gasteiger partial charge in [0, 0.05) is 50.2 Å². The zero-order chi connectivity index (χ0) is 24.4. The van der Waals surface area contributed by atoms with E-state index in [0.717, 1.165) is 61.8 Å². The summed E-state index contributed by atoms with van der Waals surface area (Å²) in [6.07, 6.45) is 2.33. The summed E-state index contributed by atoms with van der Waals surface area (Å²) in [4.78, 5) is 14.9. The number of anilines is 2. The highest BCUT2D eigenvalue weighted by Gasteiger charge is 2.27. The fourth-order valence-electron chi connectivity index (χ4n) is 5.65. The number of nitrogens with zero attached hydrogens (tertiary/aromatic N) is 4. The number of hydrogen-bond acceptors (Lipinski definition) is 7. The molecule has 2 fully saturated rings. The summed E-state index contributed by atoms with van der Waals surface area (Å²) in [5.74, 6) is 4.30. The number of benzene rings is 2. The van der Waals surface area contributed by atoms with E-state index >= 15 is 0 Å². The molecule has 0 spiro atoms. The number of hydrogen-bond donors (Lipinski definition) is 1. The number of methoxy groups -OCH3 is 2. The third kappa shape index (κ3) is 5.30. The third-order valence-electron chi connectivity index (χ3n) is 7.20. The Labute approximate surface area is 208 Å². The van der Waals surface area contributed by atoms with Gasteiger partial charge in [0.1, 0.15) is 5.82 Å². The van der Waals surface area contributed by atoms with Crippen molar-refractivity contribution in [2.24, 2.45) is 11.8 Å². The smallest absolute Gasteiger partial charge is 0.227 e. The van der Waals surface area contributed by atoms with E-state index in [4.69, 9.17) is 19.4 Å². The quantitative estimate of drug-likeness (QED) is 0.526. The van der Waals surface area contributed by atoms with Gasteiger partial charge >= 0.3 is 0 Å². The second kappa shape index (κ2) is 10.3. The van der Waals surface area contributed by atoms with Gasteiger partial charge in [0.2, 0.25) is 5.95 Å². The Hall–Kier alpha value is -3.06. The summed E-state index contributed by atoms with van der Waals surface area (Å²) in [6.45, 7) is 9.63. The molecule has 0 aliphatic carbocycles. The summed E-state index contributed by atoms with van der Waals surface area (Å²) >= 11 is 0. The van der Waals surface area contributed by atoms with E-state index in [1.165, 1.54) is 12.0 Å². The lowest BCUT2D eigenvalue weighted by Gasteiger charge is -2.35. The Kier molecular flexibility index (Phi) is 6.95. The van der Waals surface area contributed by atoms with Crippen LogP contribution in [-0.4, -0.2) is 61.3 Å². The van der Waals surface area contributed by atoms with Crippen LogP contribution >= 0.6 is 0 Å². The average molecular weight is 476 g/mol. The molecule has 2 aliphatic rings. The van der Waals surface area contributed by atoms with Crippen LogP contribution in [0.25, 0.3) is 10.9 Å². The molecule has 2 aliphatic heterocycles. The second-order valence-corrected chi connectivity index (χ2v) is 10.3. The second-order valence-electron chi connectivity index (χ2n) is 10.3. The molecule has 1 aromatic heterocycles. The number of fused-ring (bicyclic) bond motifs is 1. The Morgan fingerprint density at radius 2 is 1.66 bits per heavy atom. The monoisotopic (exact) mass is 475 g/mol. The van der Waals surface area contributed by atoms with Gasteiger partial charge in [-0.05, 0) is 36.3 Å². The normalized spacial score (nSPS) is 23.0. The van der Waals surface area contributed by atoms with Crippen molar-refractivity contribution in [1.82, 2.24) is 14.9 Å². The molecule has 0 bridgehead atoms. The van der Waals surface area contributed by atoms with Crippen LogP contribution in [0.4, 0.5) is 11.8 Å². The molecule has 0 amide bonds. The van der Waals surface area contributed by atoms with Gasteiger partial charge in [-0.2, -0.15) is 4.98 Å². The van der Waals surface area contributed by atoms with Crippen LogP contribution in [-0.2, 0) is 6.54 Å². The van der Waals surface area contributed by atoms with E-state index in [1.54, 1.807) is 14.2 Å². The Balaban J connectivity index is 1.44. The van der Waals surface area contributed by atoms with Crippen LogP contribution in [0.15, 0.2) is 42.5 Å². The summed E-state index contributed by atoms with van der Waals surface area (Å²) in [5.41, 5.74) is 2.23. The molecule has 0 saturated carbocycles. The van der Waals surface area contributed by atoms with Crippen molar-refractivity contribution in [2.45, 2.75) is 39.3 Å². The van der Waals surface area contributed by atoms with Crippen molar-refractivity contribution < 1.29 is 9.47 Å². The first kappa shape index (κ1) is 23.7. The Morgan fingerprint density at radius 1 is 0.943 bits per heavy atom. The molecule has 35 heavy (non-hydrogen) atoms. The summed E-state index contributed by atoms with van der Waals surface area (Å²) in [7, 11) is 3.33. The molecule has 3 heterocycles. The maximum absolute atomic E-state index is 5.60. The van der Waals surface area contributed by atoms with Crippen LogP contribution < -0.4 is 19.7 Å². The largest absolute Gasteiger partial charge is 0.493 e. The van der Waals surface area contributed by atoms with Crippen molar-refractivity contribution in [1.29, 1.82) is 0 Å². The third-order valence-corrected chi connectivity index (χ3v) is 7.20. The van der Waals surface area contributed by atoms with E-state index in [1.807, 2.05) is 12.1 Å². The molecule has 7 nitrogen and oxygen atoms in total. The molecule has 2 saturated heterocycles. The van der Waals surface area contributed by atoms with Gasteiger partial charge in [-0.15, -0.1) is 0 Å². The van der Waals surface area contributed by atoms with Crippen LogP contribution in [0.5, 0.6) is 11.5 Å². The number of rotatable bonds is 7. The highest BCUT2D eigenvalue weighted by atomic mass is 16.5. The number of aromatic nitrogens is 2. The van der Waals surface area contributed by atoms with Gasteiger partial charge in [-0.1, -0.05) is 44.2 Å². The predicted molar refractivity (Wildman–Crippen MR) is 142 cm³/mol. The molecule has 3 aromatic rings. The van der Waals surface area contributed by atoms with Gasteiger partial charge < -0.3 is 19.7 Å². The van der Waals surface area contributed by atoms with E-state index in [-0.39, 0.29) is 0 Å². The first-order chi connectivity index (χ1) is 17.0. The standard InChI is InChI=1S/C28H37N5O2/c1-19-12-20(2)16-33(15-19)28-30-24-14-26(35-4)25(34-3)13-23(24)27(31-28)29-22-10-11-32(18-22)17-21-8-6-5-7-9-21/h5-9,13-14,19-20,22H,10-12,15-18H2,1-4H3,(H,29,30,31). The number of nitrogens with one attached hydrogen (secondary N) is 1. The minimum Gasteiger partial charge on any atom is -0.493 e. The zero-order valence-electron chi connectivity index (χ0n) is 21.3. The zero-order valence-corrected chi connectivity index (χ0v) is 21.3. The van der Waals surface area contributed by atoms with Gasteiger partial charge in [0.25, 0.3) is 0 Å². The topological polar surface area (TPSA) is 62.8 Å². The lowest BCUT2D eigenvalue weighted by atomic mass is 9.92. The van der Waals surface area contributed by atoms with Crippen molar-refractivity contribution in [3.8, 4) is 11.5 Å². The van der Waals surface area contributed by atoms with Crippen molar-refractivity contribution in [2.75, 3.05) is 50.6 Å². The van der Waals surface area contributed by atoms with Crippen LogP contribution in [0.2, 0.25) is 0 Å². The van der Waals surface area contributed by atoms with E-state index in [2.05, 4.69) is 59.3 Å². The molecule has 1 N–H and O–H groups in total. The average Bonchev–Trinajstić information content (AvgIpc) is 3.29. The lowest BCUT2D eigenvalue weighted by molar-refractivity contribution is 0.328.